The molecular formula is C25H28N4O2. The van der Waals surface area contributed by atoms with Crippen LogP contribution in [0.15, 0.2) is 73.1 Å². The molecule has 0 bridgehead atoms. The third-order valence-electron chi connectivity index (χ3n) is 5.34. The highest BCUT2D eigenvalue weighted by atomic mass is 16.5. The predicted octanol–water partition coefficient (Wildman–Crippen LogP) is 4.97. The van der Waals surface area contributed by atoms with Crippen LogP contribution in [0.2, 0.25) is 0 Å². The van der Waals surface area contributed by atoms with Gasteiger partial charge >= 0.3 is 6.03 Å². The number of nitrogens with one attached hydrogen (secondary N) is 2. The largest absolute Gasteiger partial charge is 0.487 e. The minimum Gasteiger partial charge on any atom is -0.487 e. The Morgan fingerprint density at radius 1 is 0.935 bits per heavy atom. The molecule has 2 heterocycles. The van der Waals surface area contributed by atoms with Crippen LogP contribution < -0.4 is 20.3 Å². The number of nitrogens with zero attached hydrogens (tertiary/aromatic N) is 2. The summed E-state index contributed by atoms with van der Waals surface area (Å²) >= 11 is 0. The predicted molar refractivity (Wildman–Crippen MR) is 123 cm³/mol. The van der Waals surface area contributed by atoms with Crippen molar-refractivity contribution in [3.8, 4) is 5.75 Å². The van der Waals surface area contributed by atoms with E-state index in [1.165, 1.54) is 24.9 Å². The number of hydrogen-bond donors (Lipinski definition) is 2. The van der Waals surface area contributed by atoms with Gasteiger partial charge in [-0.2, -0.15) is 0 Å². The number of para-hydroxylation sites is 2. The monoisotopic (exact) mass is 416 g/mol. The highest BCUT2D eigenvalue weighted by molar-refractivity contribution is 5.89. The molecule has 6 nitrogen and oxygen atoms in total. The highest BCUT2D eigenvalue weighted by Crippen LogP contribution is 2.30. The average molecular weight is 417 g/mol. The Morgan fingerprint density at radius 2 is 1.74 bits per heavy atom. The van der Waals surface area contributed by atoms with Gasteiger partial charge in [0.2, 0.25) is 0 Å². The first-order valence-corrected chi connectivity index (χ1v) is 10.8. The van der Waals surface area contributed by atoms with Crippen LogP contribution in [0.25, 0.3) is 0 Å². The second kappa shape index (κ2) is 10.5. The molecule has 2 amide bonds. The van der Waals surface area contributed by atoms with Crippen LogP contribution in [0.5, 0.6) is 5.75 Å². The number of amides is 2. The van der Waals surface area contributed by atoms with E-state index < -0.39 is 0 Å². The van der Waals surface area contributed by atoms with Crippen LogP contribution in [-0.4, -0.2) is 24.1 Å². The summed E-state index contributed by atoms with van der Waals surface area (Å²) in [7, 11) is 0. The van der Waals surface area contributed by atoms with E-state index in [9.17, 15) is 4.79 Å². The van der Waals surface area contributed by atoms with Gasteiger partial charge in [0.1, 0.15) is 12.4 Å². The quantitative estimate of drug-likeness (QED) is 0.571. The Bertz CT molecular complexity index is 970. The lowest BCUT2D eigenvalue weighted by atomic mass is 10.1. The van der Waals surface area contributed by atoms with E-state index >= 15 is 0 Å². The number of pyridine rings is 1. The van der Waals surface area contributed by atoms with Crippen LogP contribution in [0.4, 0.5) is 16.2 Å². The molecule has 31 heavy (non-hydrogen) atoms. The summed E-state index contributed by atoms with van der Waals surface area (Å²) in [5.74, 6) is 0.918. The van der Waals surface area contributed by atoms with E-state index in [1.54, 1.807) is 12.4 Å². The zero-order valence-corrected chi connectivity index (χ0v) is 17.6. The van der Waals surface area contributed by atoms with Crippen LogP contribution in [0.3, 0.4) is 0 Å². The van der Waals surface area contributed by atoms with Gasteiger partial charge in [-0.1, -0.05) is 30.3 Å². The molecule has 6 heteroatoms. The molecule has 4 rings (SSSR count). The maximum absolute atomic E-state index is 12.1. The second-order valence-electron chi connectivity index (χ2n) is 7.67. The second-order valence-corrected chi connectivity index (χ2v) is 7.67. The Labute approximate surface area is 183 Å². The standard InChI is InChI=1S/C25H28N4O2/c30-25(27-18-21-7-6-14-26-17-21)28-22-12-10-20(11-13-22)19-31-24-9-3-2-8-23(24)29-15-4-1-5-16-29/h2-3,6-14,17H,1,4-5,15-16,18-19H2,(H2,27,28,30). The van der Waals surface area contributed by atoms with Crippen LogP contribution in [0.1, 0.15) is 30.4 Å². The Balaban J connectivity index is 1.29. The molecule has 0 unspecified atom stereocenters. The van der Waals surface area contributed by atoms with Crippen molar-refractivity contribution in [2.45, 2.75) is 32.4 Å². The van der Waals surface area contributed by atoms with Crippen LogP contribution in [0, 0.1) is 0 Å². The Hall–Kier alpha value is -3.54. The van der Waals surface area contributed by atoms with Gasteiger partial charge in [-0.05, 0) is 60.7 Å². The Kier molecular flexibility index (Phi) is 7.00. The molecule has 0 radical (unpaired) electrons. The smallest absolute Gasteiger partial charge is 0.319 e. The SMILES string of the molecule is O=C(NCc1cccnc1)Nc1ccc(COc2ccccc2N2CCCCC2)cc1. The van der Waals surface area contributed by atoms with Gasteiger partial charge in [-0.3, -0.25) is 4.98 Å². The van der Waals surface area contributed by atoms with Gasteiger partial charge in [0.25, 0.3) is 0 Å². The molecular weight excluding hydrogens is 388 g/mol. The maximum Gasteiger partial charge on any atom is 0.319 e. The van der Waals surface area contributed by atoms with Crippen molar-refractivity contribution in [1.82, 2.24) is 10.3 Å². The minimum absolute atomic E-state index is 0.247. The first kappa shape index (κ1) is 20.7. The number of hydrogen-bond acceptors (Lipinski definition) is 4. The van der Waals surface area contributed by atoms with Gasteiger partial charge < -0.3 is 20.3 Å². The van der Waals surface area contributed by atoms with Crippen molar-refractivity contribution in [2.24, 2.45) is 0 Å². The number of benzene rings is 2. The van der Waals surface area contributed by atoms with Crippen molar-refractivity contribution >= 4 is 17.4 Å². The molecule has 1 fully saturated rings. The number of piperidine rings is 1. The molecule has 1 aromatic heterocycles. The Morgan fingerprint density at radius 3 is 2.52 bits per heavy atom. The minimum atomic E-state index is -0.247. The van der Waals surface area contributed by atoms with E-state index in [1.807, 2.05) is 48.5 Å². The van der Waals surface area contributed by atoms with Crippen molar-refractivity contribution in [2.75, 3.05) is 23.3 Å². The third-order valence-corrected chi connectivity index (χ3v) is 5.34. The van der Waals surface area contributed by atoms with Crippen molar-refractivity contribution in [3.63, 3.8) is 0 Å². The summed E-state index contributed by atoms with van der Waals surface area (Å²) in [6.07, 6.45) is 7.22. The van der Waals surface area contributed by atoms with E-state index in [4.69, 9.17) is 4.74 Å². The number of carbonyl (C=O) groups excluding carboxylic acids is 1. The van der Waals surface area contributed by atoms with Crippen molar-refractivity contribution in [3.05, 3.63) is 84.2 Å². The first-order valence-electron chi connectivity index (χ1n) is 10.8. The summed E-state index contributed by atoms with van der Waals surface area (Å²) in [6, 6.07) is 19.5. The molecule has 2 aromatic carbocycles. The number of aromatic nitrogens is 1. The number of ether oxygens (including phenoxy) is 1. The van der Waals surface area contributed by atoms with Gasteiger partial charge in [0, 0.05) is 37.7 Å². The molecule has 0 atom stereocenters. The lowest BCUT2D eigenvalue weighted by molar-refractivity contribution is 0.251. The molecule has 160 valence electrons. The number of carbonyl (C=O) groups is 1. The van der Waals surface area contributed by atoms with Gasteiger partial charge in [-0.25, -0.2) is 4.79 Å². The first-order chi connectivity index (χ1) is 15.3. The normalized spacial score (nSPS) is 13.5. The molecule has 0 saturated carbocycles. The number of anilines is 2. The molecule has 0 aliphatic carbocycles. The zero-order valence-electron chi connectivity index (χ0n) is 17.6. The van der Waals surface area contributed by atoms with Gasteiger partial charge in [0.15, 0.2) is 0 Å². The molecule has 1 saturated heterocycles. The maximum atomic E-state index is 12.1. The fourth-order valence-corrected chi connectivity index (χ4v) is 3.68. The highest BCUT2D eigenvalue weighted by Gasteiger charge is 2.15. The summed E-state index contributed by atoms with van der Waals surface area (Å²) < 4.78 is 6.14. The average Bonchev–Trinajstić information content (AvgIpc) is 2.84. The van der Waals surface area contributed by atoms with Crippen LogP contribution >= 0.6 is 0 Å². The molecule has 1 aliphatic rings. The lowest BCUT2D eigenvalue weighted by Gasteiger charge is -2.30. The summed E-state index contributed by atoms with van der Waals surface area (Å²) in [5.41, 5.74) is 3.91. The van der Waals surface area contributed by atoms with Crippen molar-refractivity contribution < 1.29 is 9.53 Å². The molecule has 0 spiro atoms. The summed E-state index contributed by atoms with van der Waals surface area (Å²) in [6.45, 7) is 3.09. The topological polar surface area (TPSA) is 66.5 Å². The fourth-order valence-electron chi connectivity index (χ4n) is 3.68. The number of urea groups is 1. The van der Waals surface area contributed by atoms with Gasteiger partial charge in [0.05, 0.1) is 5.69 Å². The number of rotatable bonds is 7. The van der Waals surface area contributed by atoms with Crippen LogP contribution in [-0.2, 0) is 13.2 Å². The molecule has 1 aliphatic heterocycles. The van der Waals surface area contributed by atoms with E-state index in [-0.39, 0.29) is 6.03 Å². The third kappa shape index (κ3) is 5.98. The molecule has 3 aromatic rings. The summed E-state index contributed by atoms with van der Waals surface area (Å²) in [5, 5.41) is 5.67. The molecule has 2 N–H and O–H groups in total. The fraction of sp³-hybridized carbons (Fsp3) is 0.280. The van der Waals surface area contributed by atoms with Gasteiger partial charge in [-0.15, -0.1) is 0 Å². The van der Waals surface area contributed by atoms with E-state index in [0.29, 0.717) is 13.2 Å². The van der Waals surface area contributed by atoms with E-state index in [0.717, 1.165) is 35.7 Å². The van der Waals surface area contributed by atoms with E-state index in [2.05, 4.69) is 32.7 Å². The summed E-state index contributed by atoms with van der Waals surface area (Å²) in [4.78, 5) is 18.6. The van der Waals surface area contributed by atoms with Crippen molar-refractivity contribution in [1.29, 1.82) is 0 Å². The zero-order chi connectivity index (χ0) is 21.3. The lowest BCUT2D eigenvalue weighted by Crippen LogP contribution is -2.29.